The van der Waals surface area contributed by atoms with Crippen LogP contribution in [0.1, 0.15) is 43.7 Å². The molecular weight excluding hydrogens is 698 g/mol. The molecule has 0 heterocycles. The monoisotopic (exact) mass is 739 g/mol. The maximum Gasteiger partial charge on any atom is 0.193 e. The van der Waals surface area contributed by atoms with Gasteiger partial charge in [-0.15, -0.1) is 0 Å². The topological polar surface area (TPSA) is 63.2 Å². The molecule has 0 atom stereocenters. The van der Waals surface area contributed by atoms with E-state index in [0.29, 0.717) is 54.1 Å². The molecule has 0 unspecified atom stereocenters. The summed E-state index contributed by atoms with van der Waals surface area (Å²) in [5.41, 5.74) is 6.06. The van der Waals surface area contributed by atoms with E-state index in [-0.39, 0.29) is 19.0 Å². The van der Waals surface area contributed by atoms with Gasteiger partial charge in [0.1, 0.15) is 55.8 Å². The number of hydrogen-bond donors (Lipinski definition) is 0. The summed E-state index contributed by atoms with van der Waals surface area (Å²) in [6.07, 6.45) is 3.30. The second-order valence-electron chi connectivity index (χ2n) is 13.1. The first-order chi connectivity index (χ1) is 27.7. The number of carbonyl (C=O) groups excluding carboxylic acids is 1. The van der Waals surface area contributed by atoms with Gasteiger partial charge < -0.3 is 23.7 Å². The van der Waals surface area contributed by atoms with Gasteiger partial charge in [-0.05, 0) is 51.6 Å². The van der Waals surface area contributed by atoms with E-state index in [1.807, 2.05) is 170 Å². The lowest BCUT2D eigenvalue weighted by molar-refractivity contribution is 0.103. The second kappa shape index (κ2) is 19.3. The Morgan fingerprint density at radius 3 is 1.14 bits per heavy atom. The number of allylic oxidation sites excluding steroid dienone is 1. The first-order valence-electron chi connectivity index (χ1n) is 18.5. The Morgan fingerprint density at radius 2 is 0.732 bits per heavy atom. The normalized spacial score (nSPS) is 10.9. The van der Waals surface area contributed by atoms with Crippen molar-refractivity contribution in [1.29, 1.82) is 0 Å². The van der Waals surface area contributed by atoms with Crippen LogP contribution in [0.2, 0.25) is 0 Å². The molecule has 0 bridgehead atoms. The van der Waals surface area contributed by atoms with Crippen LogP contribution in [0, 0.1) is 0 Å². The van der Waals surface area contributed by atoms with Crippen molar-refractivity contribution in [3.63, 3.8) is 0 Å². The molecule has 0 saturated heterocycles. The fourth-order valence-electron chi connectivity index (χ4n) is 5.92. The molecule has 56 heavy (non-hydrogen) atoms. The standard InChI is InChI=1S/C50H42O6/c51-45(28-26-38-27-29-46(53-34-40-18-8-2-9-19-40)47(30-38)54-35-41-20-10-3-11-21-41)50-48(55-36-42-22-12-4-13-23-42)31-44(52-33-39-16-6-1-7-17-39)32-49(50)56-37-43-24-14-5-15-25-43/h1-32H,33-37H2/b28-26+/i45+1. The molecule has 7 rings (SSSR count). The highest BCUT2D eigenvalue weighted by Gasteiger charge is 2.21. The smallest absolute Gasteiger partial charge is 0.193 e. The lowest BCUT2D eigenvalue weighted by Gasteiger charge is -2.18. The molecule has 0 radical (unpaired) electrons. The summed E-state index contributed by atoms with van der Waals surface area (Å²) in [5, 5.41) is 0. The van der Waals surface area contributed by atoms with E-state index < -0.39 is 0 Å². The summed E-state index contributed by atoms with van der Waals surface area (Å²) in [5.74, 6) is 2.11. The minimum Gasteiger partial charge on any atom is -0.489 e. The predicted molar refractivity (Wildman–Crippen MR) is 220 cm³/mol. The van der Waals surface area contributed by atoms with Gasteiger partial charge in [0, 0.05) is 12.1 Å². The number of ether oxygens (including phenoxy) is 5. The maximum atomic E-state index is 14.4. The largest absolute Gasteiger partial charge is 0.489 e. The molecule has 0 aliphatic heterocycles. The highest BCUT2D eigenvalue weighted by molar-refractivity contribution is 6.10. The SMILES string of the molecule is O=[13C](/C=C/c1ccc(OCc2ccccc2)c(OCc2ccccc2)c1)c1c(OCc2ccccc2)cc(OCc2ccccc2)cc1OCc1ccccc1. The van der Waals surface area contributed by atoms with Gasteiger partial charge in [-0.2, -0.15) is 0 Å². The molecule has 7 aromatic carbocycles. The van der Waals surface area contributed by atoms with Gasteiger partial charge in [-0.1, -0.05) is 164 Å². The fourth-order valence-corrected chi connectivity index (χ4v) is 5.92. The molecule has 6 nitrogen and oxygen atoms in total. The quantitative estimate of drug-likeness (QED) is 0.0496. The van der Waals surface area contributed by atoms with E-state index in [4.69, 9.17) is 23.7 Å². The highest BCUT2D eigenvalue weighted by atomic mass is 16.5. The molecular formula is C50H42O6. The highest BCUT2D eigenvalue weighted by Crippen LogP contribution is 2.37. The maximum absolute atomic E-state index is 14.4. The van der Waals surface area contributed by atoms with Gasteiger partial charge in [-0.3, -0.25) is 4.79 Å². The predicted octanol–water partition coefficient (Wildman–Crippen LogP) is 11.5. The lowest BCUT2D eigenvalue weighted by Crippen LogP contribution is -2.08. The van der Waals surface area contributed by atoms with E-state index >= 15 is 0 Å². The fraction of sp³-hybridized carbons (Fsp3) is 0.100. The van der Waals surface area contributed by atoms with E-state index in [0.717, 1.165) is 33.4 Å². The van der Waals surface area contributed by atoms with Crippen LogP contribution in [0.3, 0.4) is 0 Å². The van der Waals surface area contributed by atoms with Crippen molar-refractivity contribution in [1.82, 2.24) is 0 Å². The van der Waals surface area contributed by atoms with Crippen molar-refractivity contribution in [2.45, 2.75) is 33.0 Å². The summed E-state index contributed by atoms with van der Waals surface area (Å²) in [4.78, 5) is 14.4. The van der Waals surface area contributed by atoms with Crippen LogP contribution in [-0.2, 0) is 33.0 Å². The van der Waals surface area contributed by atoms with Crippen LogP contribution in [-0.4, -0.2) is 5.78 Å². The first-order valence-corrected chi connectivity index (χ1v) is 18.5. The van der Waals surface area contributed by atoms with Crippen molar-refractivity contribution in [2.24, 2.45) is 0 Å². The van der Waals surface area contributed by atoms with E-state index in [1.54, 1.807) is 18.2 Å². The third kappa shape index (κ3) is 10.8. The van der Waals surface area contributed by atoms with Crippen LogP contribution < -0.4 is 23.7 Å². The minimum absolute atomic E-state index is 0.248. The molecule has 0 aliphatic carbocycles. The van der Waals surface area contributed by atoms with Crippen LogP contribution in [0.5, 0.6) is 28.7 Å². The van der Waals surface area contributed by atoms with Crippen LogP contribution in [0.4, 0.5) is 0 Å². The van der Waals surface area contributed by atoms with Crippen LogP contribution in [0.15, 0.2) is 188 Å². The lowest BCUT2D eigenvalue weighted by atomic mass is 10.1. The minimum atomic E-state index is -0.290. The molecule has 0 spiro atoms. The molecule has 0 saturated carbocycles. The number of hydrogen-bond acceptors (Lipinski definition) is 6. The van der Waals surface area contributed by atoms with Gasteiger partial charge in [0.25, 0.3) is 0 Å². The summed E-state index contributed by atoms with van der Waals surface area (Å²) in [6, 6.07) is 58.7. The number of benzene rings is 7. The number of rotatable bonds is 18. The summed E-state index contributed by atoms with van der Waals surface area (Å²) in [7, 11) is 0. The molecule has 0 aliphatic rings. The average molecular weight is 740 g/mol. The molecule has 0 fully saturated rings. The Hall–Kier alpha value is -7.05. The zero-order valence-electron chi connectivity index (χ0n) is 31.0. The number of ketones is 1. The van der Waals surface area contributed by atoms with Crippen LogP contribution in [0.25, 0.3) is 6.08 Å². The van der Waals surface area contributed by atoms with Gasteiger partial charge in [-0.25, -0.2) is 0 Å². The average Bonchev–Trinajstić information content (AvgIpc) is 3.26. The van der Waals surface area contributed by atoms with Crippen molar-refractivity contribution < 1.29 is 28.5 Å². The van der Waals surface area contributed by atoms with Gasteiger partial charge in [0.05, 0.1) is 0 Å². The number of carbonyl (C=O) groups is 1. The van der Waals surface area contributed by atoms with E-state index in [2.05, 4.69) is 0 Å². The Kier molecular flexibility index (Phi) is 12.9. The molecule has 278 valence electrons. The Balaban J connectivity index is 1.19. The van der Waals surface area contributed by atoms with Crippen molar-refractivity contribution in [3.8, 4) is 28.7 Å². The Bertz CT molecular complexity index is 2240. The zero-order valence-corrected chi connectivity index (χ0v) is 31.0. The second-order valence-corrected chi connectivity index (χ2v) is 13.1. The zero-order chi connectivity index (χ0) is 38.2. The van der Waals surface area contributed by atoms with Crippen molar-refractivity contribution in [2.75, 3.05) is 0 Å². The van der Waals surface area contributed by atoms with Gasteiger partial charge in [0.2, 0.25) is 0 Å². The molecule has 0 N–H and O–H groups in total. The van der Waals surface area contributed by atoms with E-state index in [9.17, 15) is 4.79 Å². The van der Waals surface area contributed by atoms with Gasteiger partial charge >= 0.3 is 0 Å². The first kappa shape index (κ1) is 37.3. The molecule has 0 aromatic heterocycles. The van der Waals surface area contributed by atoms with Gasteiger partial charge in [0.15, 0.2) is 17.3 Å². The summed E-state index contributed by atoms with van der Waals surface area (Å²) < 4.78 is 31.6. The third-order valence-corrected chi connectivity index (χ3v) is 8.88. The van der Waals surface area contributed by atoms with Crippen LogP contribution >= 0.6 is 0 Å². The molecule has 6 heteroatoms. The Labute approximate surface area is 328 Å². The van der Waals surface area contributed by atoms with Crippen molar-refractivity contribution in [3.05, 3.63) is 227 Å². The summed E-state index contributed by atoms with van der Waals surface area (Å²) >= 11 is 0. The summed E-state index contributed by atoms with van der Waals surface area (Å²) in [6.45, 7) is 1.58. The molecule has 7 aromatic rings. The Morgan fingerprint density at radius 1 is 0.375 bits per heavy atom. The van der Waals surface area contributed by atoms with Crippen molar-refractivity contribution >= 4 is 11.9 Å². The van der Waals surface area contributed by atoms with E-state index in [1.165, 1.54) is 6.08 Å². The molecule has 0 amide bonds. The third-order valence-electron chi connectivity index (χ3n) is 8.88.